The van der Waals surface area contributed by atoms with Gasteiger partial charge in [-0.15, -0.1) is 0 Å². The second-order valence-corrected chi connectivity index (χ2v) is 4.25. The van der Waals surface area contributed by atoms with Crippen molar-refractivity contribution in [1.82, 2.24) is 4.90 Å². The highest BCUT2D eigenvalue weighted by molar-refractivity contribution is 5.96. The van der Waals surface area contributed by atoms with Gasteiger partial charge in [0.25, 0.3) is 5.91 Å². The van der Waals surface area contributed by atoms with Gasteiger partial charge in [0, 0.05) is 18.7 Å². The number of carboxylic acids is 1. The average molecular weight is 235 g/mol. The first-order valence-corrected chi connectivity index (χ1v) is 5.30. The molecule has 0 aromatic heterocycles. The molecule has 2 rings (SSSR count). The van der Waals surface area contributed by atoms with E-state index in [1.807, 2.05) is 0 Å². The quantitative estimate of drug-likeness (QED) is 0.796. The predicted molar refractivity (Wildman–Crippen MR) is 59.9 cm³/mol. The second kappa shape index (κ2) is 4.08. The van der Waals surface area contributed by atoms with Crippen LogP contribution in [0.2, 0.25) is 0 Å². The number of phenols is 1. The molecule has 1 saturated heterocycles. The lowest BCUT2D eigenvalue weighted by atomic mass is 9.99. The molecule has 2 N–H and O–H groups in total. The molecule has 1 aliphatic heterocycles. The number of aryl methyl sites for hydroxylation is 1. The van der Waals surface area contributed by atoms with Crippen LogP contribution in [0.25, 0.3) is 0 Å². The summed E-state index contributed by atoms with van der Waals surface area (Å²) in [4.78, 5) is 24.0. The predicted octanol–water partition coefficient (Wildman–Crippen LogP) is 0.857. The Hall–Kier alpha value is -2.04. The first-order chi connectivity index (χ1) is 7.99. The largest absolute Gasteiger partial charge is 0.508 e. The highest BCUT2D eigenvalue weighted by Crippen LogP contribution is 2.22. The molecule has 1 heterocycles. The van der Waals surface area contributed by atoms with Crippen molar-refractivity contribution < 1.29 is 19.8 Å². The van der Waals surface area contributed by atoms with Crippen molar-refractivity contribution in [3.8, 4) is 5.75 Å². The van der Waals surface area contributed by atoms with Gasteiger partial charge in [0.1, 0.15) is 5.75 Å². The minimum Gasteiger partial charge on any atom is -0.508 e. The van der Waals surface area contributed by atoms with Crippen molar-refractivity contribution in [1.29, 1.82) is 0 Å². The van der Waals surface area contributed by atoms with Crippen LogP contribution in [0.4, 0.5) is 0 Å². The van der Waals surface area contributed by atoms with Gasteiger partial charge in [-0.1, -0.05) is 0 Å². The Labute approximate surface area is 98.3 Å². The zero-order valence-electron chi connectivity index (χ0n) is 9.38. The van der Waals surface area contributed by atoms with Crippen molar-refractivity contribution in [3.05, 3.63) is 29.3 Å². The van der Waals surface area contributed by atoms with Crippen LogP contribution in [0.15, 0.2) is 18.2 Å². The maximum atomic E-state index is 11.9. The van der Waals surface area contributed by atoms with E-state index in [4.69, 9.17) is 5.11 Å². The zero-order valence-corrected chi connectivity index (χ0v) is 9.38. The summed E-state index contributed by atoms with van der Waals surface area (Å²) in [6.07, 6.45) is 0. The molecule has 0 radical (unpaired) electrons. The van der Waals surface area contributed by atoms with Crippen LogP contribution < -0.4 is 0 Å². The zero-order chi connectivity index (χ0) is 12.6. The number of hydrogen-bond donors (Lipinski definition) is 2. The van der Waals surface area contributed by atoms with Gasteiger partial charge in [-0.05, 0) is 30.7 Å². The highest BCUT2D eigenvalue weighted by Gasteiger charge is 2.35. The first-order valence-electron chi connectivity index (χ1n) is 5.30. The molecule has 90 valence electrons. The standard InChI is InChI=1S/C12H13NO4/c1-7-4-8(2-3-10(7)14)11(15)13-5-9(6-13)12(16)17/h2-4,9,14H,5-6H2,1H3,(H,16,17). The molecular weight excluding hydrogens is 222 g/mol. The molecule has 1 aliphatic rings. The van der Waals surface area contributed by atoms with Gasteiger partial charge in [-0.2, -0.15) is 0 Å². The Morgan fingerprint density at radius 2 is 2.00 bits per heavy atom. The Kier molecular flexibility index (Phi) is 2.75. The fourth-order valence-corrected chi connectivity index (χ4v) is 1.77. The van der Waals surface area contributed by atoms with E-state index in [-0.39, 0.29) is 24.7 Å². The van der Waals surface area contributed by atoms with Gasteiger partial charge >= 0.3 is 5.97 Å². The third kappa shape index (κ3) is 2.08. The second-order valence-electron chi connectivity index (χ2n) is 4.25. The van der Waals surface area contributed by atoms with E-state index < -0.39 is 11.9 Å². The summed E-state index contributed by atoms with van der Waals surface area (Å²) >= 11 is 0. The van der Waals surface area contributed by atoms with E-state index in [2.05, 4.69) is 0 Å². The summed E-state index contributed by atoms with van der Waals surface area (Å²) in [5.41, 5.74) is 1.11. The van der Waals surface area contributed by atoms with E-state index in [1.54, 1.807) is 19.1 Å². The normalized spacial score (nSPS) is 15.5. The Balaban J connectivity index is 2.06. The van der Waals surface area contributed by atoms with E-state index in [9.17, 15) is 14.7 Å². The molecule has 1 aromatic rings. The van der Waals surface area contributed by atoms with E-state index >= 15 is 0 Å². The number of carbonyl (C=O) groups is 2. The van der Waals surface area contributed by atoms with Crippen LogP contribution in [0.1, 0.15) is 15.9 Å². The lowest BCUT2D eigenvalue weighted by Gasteiger charge is -2.36. The van der Waals surface area contributed by atoms with Crippen molar-refractivity contribution >= 4 is 11.9 Å². The summed E-state index contributed by atoms with van der Waals surface area (Å²) in [6.45, 7) is 2.23. The number of likely N-dealkylation sites (tertiary alicyclic amines) is 1. The number of aromatic hydroxyl groups is 1. The van der Waals surface area contributed by atoms with Crippen LogP contribution in [-0.4, -0.2) is 40.1 Å². The SMILES string of the molecule is Cc1cc(C(=O)N2CC(C(=O)O)C2)ccc1O. The molecule has 5 heteroatoms. The van der Waals surface area contributed by atoms with Crippen molar-refractivity contribution in [2.45, 2.75) is 6.92 Å². The summed E-state index contributed by atoms with van der Waals surface area (Å²) in [5.74, 6) is -1.35. The summed E-state index contributed by atoms with van der Waals surface area (Å²) in [5, 5.41) is 18.1. The van der Waals surface area contributed by atoms with Gasteiger partial charge in [-0.25, -0.2) is 0 Å². The summed E-state index contributed by atoms with van der Waals surface area (Å²) in [6, 6.07) is 4.61. The van der Waals surface area contributed by atoms with E-state index in [0.717, 1.165) is 0 Å². The third-order valence-electron chi connectivity index (χ3n) is 2.96. The molecule has 5 nitrogen and oxygen atoms in total. The monoisotopic (exact) mass is 235 g/mol. The number of nitrogens with zero attached hydrogens (tertiary/aromatic N) is 1. The number of rotatable bonds is 2. The van der Waals surface area contributed by atoms with Gasteiger partial charge < -0.3 is 15.1 Å². The Morgan fingerprint density at radius 3 is 2.53 bits per heavy atom. The molecule has 0 spiro atoms. The molecule has 0 bridgehead atoms. The van der Waals surface area contributed by atoms with Crippen LogP contribution in [-0.2, 0) is 4.79 Å². The van der Waals surface area contributed by atoms with Crippen molar-refractivity contribution in [3.63, 3.8) is 0 Å². The number of aliphatic carboxylic acids is 1. The highest BCUT2D eigenvalue weighted by atomic mass is 16.4. The molecule has 0 aliphatic carbocycles. The molecule has 1 amide bonds. The van der Waals surface area contributed by atoms with E-state index in [1.165, 1.54) is 11.0 Å². The Morgan fingerprint density at radius 1 is 1.35 bits per heavy atom. The number of hydrogen-bond acceptors (Lipinski definition) is 3. The number of benzene rings is 1. The smallest absolute Gasteiger partial charge is 0.310 e. The molecule has 0 unspecified atom stereocenters. The van der Waals surface area contributed by atoms with Gasteiger partial charge in [-0.3, -0.25) is 9.59 Å². The van der Waals surface area contributed by atoms with Gasteiger partial charge in [0.15, 0.2) is 0 Å². The summed E-state index contributed by atoms with van der Waals surface area (Å²) < 4.78 is 0. The van der Waals surface area contributed by atoms with Crippen molar-refractivity contribution in [2.24, 2.45) is 5.92 Å². The maximum Gasteiger partial charge on any atom is 0.310 e. The van der Waals surface area contributed by atoms with Crippen LogP contribution in [0.5, 0.6) is 5.75 Å². The fourth-order valence-electron chi connectivity index (χ4n) is 1.77. The maximum absolute atomic E-state index is 11.9. The lowest BCUT2D eigenvalue weighted by molar-refractivity contribution is -0.146. The molecular formula is C12H13NO4. The summed E-state index contributed by atoms with van der Waals surface area (Å²) in [7, 11) is 0. The topological polar surface area (TPSA) is 77.8 Å². The molecule has 0 atom stereocenters. The molecule has 0 saturated carbocycles. The number of carboxylic acid groups (broad SMARTS) is 1. The first kappa shape index (κ1) is 11.4. The minimum absolute atomic E-state index is 0.147. The van der Waals surface area contributed by atoms with Crippen LogP contribution >= 0.6 is 0 Å². The number of carbonyl (C=O) groups excluding carboxylic acids is 1. The van der Waals surface area contributed by atoms with Crippen LogP contribution in [0.3, 0.4) is 0 Å². The Bertz CT molecular complexity index is 477. The van der Waals surface area contributed by atoms with E-state index in [0.29, 0.717) is 11.1 Å². The number of phenolic OH excluding ortho intramolecular Hbond substituents is 1. The molecule has 1 aromatic carbocycles. The van der Waals surface area contributed by atoms with Crippen LogP contribution in [0, 0.1) is 12.8 Å². The fraction of sp³-hybridized carbons (Fsp3) is 0.333. The minimum atomic E-state index is -0.865. The molecule has 17 heavy (non-hydrogen) atoms. The average Bonchev–Trinajstić information content (AvgIpc) is 2.19. The van der Waals surface area contributed by atoms with Gasteiger partial charge in [0.2, 0.25) is 0 Å². The lowest BCUT2D eigenvalue weighted by Crippen LogP contribution is -2.53. The molecule has 1 fully saturated rings. The number of amides is 1. The third-order valence-corrected chi connectivity index (χ3v) is 2.96. The van der Waals surface area contributed by atoms with Gasteiger partial charge in [0.05, 0.1) is 5.92 Å². The van der Waals surface area contributed by atoms with Crippen molar-refractivity contribution in [2.75, 3.05) is 13.1 Å².